The summed E-state index contributed by atoms with van der Waals surface area (Å²) in [5.74, 6) is 0.288. The Morgan fingerprint density at radius 3 is 2.61 bits per heavy atom. The summed E-state index contributed by atoms with van der Waals surface area (Å²) in [6, 6.07) is 7.65. The number of phenols is 1. The van der Waals surface area contributed by atoms with Crippen LogP contribution >= 0.6 is 0 Å². The number of hydrogen-bond donors (Lipinski definition) is 2. The zero-order valence-corrected chi connectivity index (χ0v) is 14.3. The van der Waals surface area contributed by atoms with E-state index < -0.39 is 5.60 Å². The molecule has 1 saturated heterocycles. The lowest BCUT2D eigenvalue weighted by molar-refractivity contribution is 0.0256. The third-order valence-corrected chi connectivity index (χ3v) is 3.91. The minimum atomic E-state index is -0.445. The van der Waals surface area contributed by atoms with Gasteiger partial charge in [0.25, 0.3) is 0 Å². The molecular weight excluding hydrogens is 292 g/mol. The molecule has 5 heteroatoms. The van der Waals surface area contributed by atoms with Gasteiger partial charge < -0.3 is 20.1 Å². The average molecular weight is 320 g/mol. The van der Waals surface area contributed by atoms with Gasteiger partial charge in [-0.05, 0) is 57.7 Å². The van der Waals surface area contributed by atoms with E-state index in [9.17, 15) is 9.90 Å². The van der Waals surface area contributed by atoms with E-state index in [1.807, 2.05) is 37.8 Å². The van der Waals surface area contributed by atoms with E-state index >= 15 is 0 Å². The van der Waals surface area contributed by atoms with Gasteiger partial charge in [0.2, 0.25) is 0 Å². The molecule has 2 N–H and O–H groups in total. The van der Waals surface area contributed by atoms with Gasteiger partial charge in [-0.3, -0.25) is 0 Å². The summed E-state index contributed by atoms with van der Waals surface area (Å²) < 4.78 is 5.45. The van der Waals surface area contributed by atoms with Crippen LogP contribution in [0, 0.1) is 0 Å². The molecule has 0 radical (unpaired) electrons. The van der Waals surface area contributed by atoms with Gasteiger partial charge in [-0.2, -0.15) is 0 Å². The molecular formula is C18H28N2O3. The summed E-state index contributed by atoms with van der Waals surface area (Å²) in [5, 5.41) is 12.8. The highest BCUT2D eigenvalue weighted by molar-refractivity contribution is 5.68. The average Bonchev–Trinajstić information content (AvgIpc) is 2.70. The van der Waals surface area contributed by atoms with E-state index in [2.05, 4.69) is 5.32 Å². The van der Waals surface area contributed by atoms with Crippen molar-refractivity contribution in [3.05, 3.63) is 29.8 Å². The van der Waals surface area contributed by atoms with Gasteiger partial charge in [0.15, 0.2) is 0 Å². The highest BCUT2D eigenvalue weighted by atomic mass is 16.6. The van der Waals surface area contributed by atoms with Crippen LogP contribution in [0.4, 0.5) is 4.79 Å². The number of nitrogens with zero attached hydrogens (tertiary/aromatic N) is 1. The zero-order chi connectivity index (χ0) is 16.9. The molecule has 0 bridgehead atoms. The maximum absolute atomic E-state index is 12.1. The van der Waals surface area contributed by atoms with Crippen LogP contribution in [0.1, 0.15) is 45.6 Å². The molecule has 128 valence electrons. The van der Waals surface area contributed by atoms with Crippen molar-refractivity contribution in [1.82, 2.24) is 10.2 Å². The highest BCUT2D eigenvalue weighted by Crippen LogP contribution is 2.16. The summed E-state index contributed by atoms with van der Waals surface area (Å²) in [6.07, 6.45) is 2.75. The summed E-state index contributed by atoms with van der Waals surface area (Å²) >= 11 is 0. The molecule has 1 atom stereocenters. The number of hydrogen-bond acceptors (Lipinski definition) is 4. The van der Waals surface area contributed by atoms with Gasteiger partial charge in [-0.25, -0.2) is 4.79 Å². The second-order valence-corrected chi connectivity index (χ2v) is 7.14. The number of benzene rings is 1. The Kier molecular flexibility index (Phi) is 5.88. The van der Waals surface area contributed by atoms with E-state index in [-0.39, 0.29) is 11.8 Å². The topological polar surface area (TPSA) is 61.8 Å². The van der Waals surface area contributed by atoms with Crippen LogP contribution in [0.5, 0.6) is 5.75 Å². The van der Waals surface area contributed by atoms with Crippen molar-refractivity contribution in [2.24, 2.45) is 0 Å². The Balaban J connectivity index is 1.79. The number of ether oxygens (including phenoxy) is 1. The SMILES string of the molecule is CC(C)(C)OC(=O)N1CCCC(NCc2ccc(O)cc2)CC1. The largest absolute Gasteiger partial charge is 0.508 e. The number of carbonyl (C=O) groups is 1. The second kappa shape index (κ2) is 7.68. The van der Waals surface area contributed by atoms with E-state index in [1.54, 1.807) is 12.1 Å². The molecule has 1 aliphatic rings. The Hall–Kier alpha value is -1.75. The molecule has 1 aliphatic heterocycles. The van der Waals surface area contributed by atoms with Gasteiger partial charge in [0.1, 0.15) is 11.4 Å². The van der Waals surface area contributed by atoms with Crippen molar-refractivity contribution in [3.63, 3.8) is 0 Å². The van der Waals surface area contributed by atoms with E-state index in [0.29, 0.717) is 6.04 Å². The first-order valence-electron chi connectivity index (χ1n) is 8.33. The number of aromatic hydroxyl groups is 1. The predicted molar refractivity (Wildman–Crippen MR) is 90.4 cm³/mol. The molecule has 5 nitrogen and oxygen atoms in total. The van der Waals surface area contributed by atoms with Gasteiger partial charge in [-0.1, -0.05) is 12.1 Å². The van der Waals surface area contributed by atoms with E-state index in [0.717, 1.165) is 44.5 Å². The minimum Gasteiger partial charge on any atom is -0.508 e. The first-order valence-corrected chi connectivity index (χ1v) is 8.33. The van der Waals surface area contributed by atoms with E-state index in [1.165, 1.54) is 0 Å². The molecule has 1 heterocycles. The smallest absolute Gasteiger partial charge is 0.410 e. The standard InChI is InChI=1S/C18H28N2O3/c1-18(2,3)23-17(22)20-11-4-5-15(10-12-20)19-13-14-6-8-16(21)9-7-14/h6-9,15,19,21H,4-5,10-13H2,1-3H3. The second-order valence-electron chi connectivity index (χ2n) is 7.14. The molecule has 2 rings (SSSR count). The minimum absolute atomic E-state index is 0.211. The molecule has 1 aromatic rings. The number of rotatable bonds is 3. The monoisotopic (exact) mass is 320 g/mol. The van der Waals surface area contributed by atoms with Gasteiger partial charge in [0, 0.05) is 25.7 Å². The lowest BCUT2D eigenvalue weighted by atomic mass is 10.1. The van der Waals surface area contributed by atoms with Gasteiger partial charge in [-0.15, -0.1) is 0 Å². The Morgan fingerprint density at radius 1 is 1.26 bits per heavy atom. The molecule has 0 spiro atoms. The van der Waals surface area contributed by atoms with Crippen molar-refractivity contribution in [1.29, 1.82) is 0 Å². The fraction of sp³-hybridized carbons (Fsp3) is 0.611. The number of nitrogens with one attached hydrogen (secondary N) is 1. The van der Waals surface area contributed by atoms with Crippen molar-refractivity contribution in [3.8, 4) is 5.75 Å². The lowest BCUT2D eigenvalue weighted by Gasteiger charge is -2.26. The van der Waals surface area contributed by atoms with Crippen molar-refractivity contribution >= 4 is 6.09 Å². The number of phenolic OH excluding ortho intramolecular Hbond substituents is 1. The van der Waals surface area contributed by atoms with Crippen LogP contribution in [0.3, 0.4) is 0 Å². The predicted octanol–water partition coefficient (Wildman–Crippen LogP) is 3.27. The fourth-order valence-electron chi connectivity index (χ4n) is 2.69. The normalized spacial score (nSPS) is 19.3. The summed E-state index contributed by atoms with van der Waals surface area (Å²) in [5.41, 5.74) is 0.705. The molecule has 0 aliphatic carbocycles. The van der Waals surface area contributed by atoms with Crippen LogP contribution in [-0.4, -0.2) is 40.8 Å². The Bertz CT molecular complexity index is 508. The third-order valence-electron chi connectivity index (χ3n) is 3.91. The van der Waals surface area contributed by atoms with Crippen LogP contribution in [-0.2, 0) is 11.3 Å². The molecule has 0 saturated carbocycles. The lowest BCUT2D eigenvalue weighted by Crippen LogP contribution is -2.38. The van der Waals surface area contributed by atoms with Crippen molar-refractivity contribution in [2.45, 2.75) is 58.2 Å². The summed E-state index contributed by atoms with van der Waals surface area (Å²) in [4.78, 5) is 14.0. The molecule has 1 aromatic carbocycles. The molecule has 1 unspecified atom stereocenters. The number of amides is 1. The highest BCUT2D eigenvalue weighted by Gasteiger charge is 2.24. The van der Waals surface area contributed by atoms with Crippen LogP contribution < -0.4 is 5.32 Å². The molecule has 1 amide bonds. The fourth-order valence-corrected chi connectivity index (χ4v) is 2.69. The molecule has 23 heavy (non-hydrogen) atoms. The molecule has 0 aromatic heterocycles. The first-order chi connectivity index (χ1) is 10.8. The van der Waals surface area contributed by atoms with Crippen LogP contribution in [0.2, 0.25) is 0 Å². The number of likely N-dealkylation sites (tertiary alicyclic amines) is 1. The maximum atomic E-state index is 12.1. The summed E-state index contributed by atoms with van der Waals surface area (Å²) in [7, 11) is 0. The van der Waals surface area contributed by atoms with Crippen molar-refractivity contribution < 1.29 is 14.6 Å². The Morgan fingerprint density at radius 2 is 1.96 bits per heavy atom. The zero-order valence-electron chi connectivity index (χ0n) is 14.3. The Labute approximate surface area is 138 Å². The quantitative estimate of drug-likeness (QED) is 0.897. The summed E-state index contributed by atoms with van der Waals surface area (Å²) in [6.45, 7) is 7.94. The van der Waals surface area contributed by atoms with Crippen LogP contribution in [0.15, 0.2) is 24.3 Å². The van der Waals surface area contributed by atoms with Gasteiger partial charge >= 0.3 is 6.09 Å². The van der Waals surface area contributed by atoms with Crippen molar-refractivity contribution in [2.75, 3.05) is 13.1 Å². The maximum Gasteiger partial charge on any atom is 0.410 e. The first kappa shape index (κ1) is 17.6. The van der Waals surface area contributed by atoms with E-state index in [4.69, 9.17) is 4.74 Å². The van der Waals surface area contributed by atoms with Gasteiger partial charge in [0.05, 0.1) is 0 Å². The third kappa shape index (κ3) is 6.10. The number of carbonyl (C=O) groups excluding carboxylic acids is 1. The molecule has 1 fully saturated rings. The van der Waals surface area contributed by atoms with Crippen LogP contribution in [0.25, 0.3) is 0 Å².